The predicted molar refractivity (Wildman–Crippen MR) is 238 cm³/mol. The minimum absolute atomic E-state index is 0.121. The molecule has 0 saturated carbocycles. The van der Waals surface area contributed by atoms with Crippen LogP contribution in [0.1, 0.15) is 79.6 Å². The molecule has 2 aliphatic heterocycles. The quantitative estimate of drug-likeness (QED) is 0.0757. The molecule has 5 amide bonds. The summed E-state index contributed by atoms with van der Waals surface area (Å²) in [6, 6.07) is 16.6. The lowest BCUT2D eigenvalue weighted by Crippen LogP contribution is -2.54. The van der Waals surface area contributed by atoms with Gasteiger partial charge >= 0.3 is 0 Å². The van der Waals surface area contributed by atoms with Gasteiger partial charge in [-0.15, -0.1) is 11.6 Å². The number of aromatic nitrogens is 2. The van der Waals surface area contributed by atoms with Gasteiger partial charge in [0.1, 0.15) is 41.6 Å². The summed E-state index contributed by atoms with van der Waals surface area (Å²) in [6.07, 6.45) is 0. The standard InChI is InChI=1S/C46H54ClN7O8/c1-7-61-32-12-13-34-29(18-32)19-35(50-34)46(59)54-23-30(22-47)39-33-20-36(45(58)53-14-16-60-17-15-53)51-41(33)38(21-37(39)54)62-24-28-8-10-31(11-9-28)49-43(56)27(6)48-44(57)40(25(2)3)52-42(55)26(4)5/h8-13,18-21,25-27,30,40,50-51H,7,14-17,22-24H2,1-6H3,(H,48,57)(H,49,56)(H,52,55)/t27-,30-,40?/m1/s1. The van der Waals surface area contributed by atoms with Gasteiger partial charge in [-0.1, -0.05) is 39.8 Å². The number of aromatic amines is 2. The van der Waals surface area contributed by atoms with E-state index < -0.39 is 23.9 Å². The van der Waals surface area contributed by atoms with E-state index in [1.54, 1.807) is 42.7 Å². The summed E-state index contributed by atoms with van der Waals surface area (Å²) in [7, 11) is 0. The molecule has 0 aliphatic carbocycles. The lowest BCUT2D eigenvalue weighted by Gasteiger charge is -2.26. The van der Waals surface area contributed by atoms with E-state index >= 15 is 0 Å². The Kier molecular flexibility index (Phi) is 13.4. The molecule has 16 heteroatoms. The van der Waals surface area contributed by atoms with Gasteiger partial charge in [0.15, 0.2) is 0 Å². The van der Waals surface area contributed by atoms with Crippen LogP contribution in [0, 0.1) is 11.8 Å². The first-order valence-electron chi connectivity index (χ1n) is 21.1. The van der Waals surface area contributed by atoms with Crippen LogP contribution in [0.2, 0.25) is 0 Å². The number of rotatable bonds is 15. The van der Waals surface area contributed by atoms with Crippen LogP contribution in [0.25, 0.3) is 21.8 Å². The molecule has 1 fully saturated rings. The molecular formula is C46H54ClN7O8. The molecule has 0 bridgehead atoms. The molecule has 5 aromatic rings. The molecule has 1 unspecified atom stereocenters. The van der Waals surface area contributed by atoms with Crippen LogP contribution in [0.5, 0.6) is 11.5 Å². The number of morpholine rings is 1. The van der Waals surface area contributed by atoms with Gasteiger partial charge in [0.05, 0.1) is 31.0 Å². The number of nitrogens with zero attached hydrogens (tertiary/aromatic N) is 2. The van der Waals surface area contributed by atoms with Gasteiger partial charge in [0.2, 0.25) is 17.7 Å². The predicted octanol–water partition coefficient (Wildman–Crippen LogP) is 6.32. The van der Waals surface area contributed by atoms with Crippen LogP contribution in [0.4, 0.5) is 11.4 Å². The number of nitrogens with one attached hydrogen (secondary N) is 5. The number of hydrogen-bond donors (Lipinski definition) is 5. The summed E-state index contributed by atoms with van der Waals surface area (Å²) in [6.45, 7) is 13.5. The number of ether oxygens (including phenoxy) is 3. The Morgan fingerprint density at radius 1 is 0.839 bits per heavy atom. The molecule has 7 rings (SSSR count). The van der Waals surface area contributed by atoms with Crippen LogP contribution in [0.15, 0.2) is 60.7 Å². The second-order valence-electron chi connectivity index (χ2n) is 16.4. The second-order valence-corrected chi connectivity index (χ2v) is 16.7. The Labute approximate surface area is 365 Å². The summed E-state index contributed by atoms with van der Waals surface area (Å²) < 4.78 is 17.7. The van der Waals surface area contributed by atoms with Gasteiger partial charge in [0, 0.05) is 65.4 Å². The van der Waals surface area contributed by atoms with Crippen LogP contribution in [-0.2, 0) is 25.7 Å². The maximum atomic E-state index is 14.4. The van der Waals surface area contributed by atoms with Crippen LogP contribution in [-0.4, -0.2) is 102 Å². The zero-order valence-electron chi connectivity index (χ0n) is 35.9. The van der Waals surface area contributed by atoms with Gasteiger partial charge in [-0.25, -0.2) is 0 Å². The third kappa shape index (κ3) is 9.38. The fourth-order valence-corrected chi connectivity index (χ4v) is 8.02. The van der Waals surface area contributed by atoms with Gasteiger partial charge in [-0.05, 0) is 73.4 Å². The molecule has 5 N–H and O–H groups in total. The molecule has 0 radical (unpaired) electrons. The summed E-state index contributed by atoms with van der Waals surface area (Å²) in [5.74, 6) is -0.790. The largest absolute Gasteiger partial charge is 0.494 e. The number of carbonyl (C=O) groups is 5. The zero-order valence-corrected chi connectivity index (χ0v) is 36.6. The Balaban J connectivity index is 1.12. The van der Waals surface area contributed by atoms with Crippen molar-refractivity contribution in [1.29, 1.82) is 0 Å². The van der Waals surface area contributed by atoms with Crippen molar-refractivity contribution in [1.82, 2.24) is 25.5 Å². The molecule has 2 aliphatic rings. The van der Waals surface area contributed by atoms with E-state index in [4.69, 9.17) is 25.8 Å². The first-order valence-corrected chi connectivity index (χ1v) is 21.6. The van der Waals surface area contributed by atoms with Gasteiger partial charge in [-0.2, -0.15) is 0 Å². The topological polar surface area (TPSA) is 187 Å². The van der Waals surface area contributed by atoms with Crippen molar-refractivity contribution < 1.29 is 38.2 Å². The smallest absolute Gasteiger partial charge is 0.274 e. The molecule has 0 spiro atoms. The molecule has 2 aromatic heterocycles. The Hall–Kier alpha value is -6.06. The van der Waals surface area contributed by atoms with E-state index in [9.17, 15) is 24.0 Å². The molecular weight excluding hydrogens is 814 g/mol. The van der Waals surface area contributed by atoms with Crippen molar-refractivity contribution in [3.8, 4) is 11.5 Å². The summed E-state index contributed by atoms with van der Waals surface area (Å²) in [5, 5.41) is 9.91. The molecule has 15 nitrogen and oxygen atoms in total. The number of benzene rings is 3. The SMILES string of the molecule is CCOc1ccc2[nH]c(C(=O)N3C[C@@H](CCl)c4c3cc(OCc3ccc(NC(=O)[C@@H](C)NC(=O)C(NC(=O)C(C)C)C(C)C)cc3)c3[nH]c(C(=O)N5CCOCC5)cc43)cc2c1. The van der Waals surface area contributed by atoms with Crippen molar-refractivity contribution in [3.63, 3.8) is 0 Å². The van der Waals surface area contributed by atoms with Gasteiger partial charge < -0.3 is 49.9 Å². The lowest BCUT2D eigenvalue weighted by atomic mass is 9.98. The summed E-state index contributed by atoms with van der Waals surface area (Å²) in [4.78, 5) is 76.6. The highest BCUT2D eigenvalue weighted by atomic mass is 35.5. The van der Waals surface area contributed by atoms with Crippen LogP contribution < -0.4 is 30.3 Å². The van der Waals surface area contributed by atoms with Crippen LogP contribution >= 0.6 is 11.6 Å². The Bertz CT molecular complexity index is 2470. The first kappa shape index (κ1) is 44.0. The monoisotopic (exact) mass is 867 g/mol. The number of H-pyrrole nitrogens is 2. The van der Waals surface area contributed by atoms with E-state index in [-0.39, 0.29) is 48.0 Å². The van der Waals surface area contributed by atoms with Crippen LogP contribution in [0.3, 0.4) is 0 Å². The number of carbonyl (C=O) groups excluding carboxylic acids is 5. The van der Waals surface area contributed by atoms with Crippen molar-refractivity contribution in [2.75, 3.05) is 55.6 Å². The lowest BCUT2D eigenvalue weighted by molar-refractivity contribution is -0.132. The summed E-state index contributed by atoms with van der Waals surface area (Å²) in [5.41, 5.74) is 5.01. The molecule has 3 aromatic carbocycles. The normalized spacial score (nSPS) is 16.0. The maximum Gasteiger partial charge on any atom is 0.274 e. The van der Waals surface area contributed by atoms with Gasteiger partial charge in [0.25, 0.3) is 11.8 Å². The number of hydrogen-bond acceptors (Lipinski definition) is 8. The average Bonchev–Trinajstić information content (AvgIpc) is 4.00. The number of alkyl halides is 1. The highest BCUT2D eigenvalue weighted by Crippen LogP contribution is 2.46. The molecule has 4 heterocycles. The van der Waals surface area contributed by atoms with Crippen molar-refractivity contribution in [3.05, 3.63) is 83.2 Å². The van der Waals surface area contributed by atoms with E-state index in [0.717, 1.165) is 27.4 Å². The maximum absolute atomic E-state index is 14.4. The van der Waals surface area contributed by atoms with E-state index in [0.29, 0.717) is 79.2 Å². The highest BCUT2D eigenvalue weighted by Gasteiger charge is 2.37. The zero-order chi connectivity index (χ0) is 44.2. The fourth-order valence-electron chi connectivity index (χ4n) is 7.77. The number of fused-ring (bicyclic) bond motifs is 4. The van der Waals surface area contributed by atoms with E-state index in [1.165, 1.54) is 0 Å². The average molecular weight is 868 g/mol. The van der Waals surface area contributed by atoms with Crippen molar-refractivity contribution >= 4 is 74.3 Å². The minimum Gasteiger partial charge on any atom is -0.494 e. The number of halogens is 1. The molecule has 328 valence electrons. The molecule has 1 saturated heterocycles. The molecule has 3 atom stereocenters. The van der Waals surface area contributed by atoms with E-state index in [2.05, 4.69) is 25.9 Å². The number of anilines is 2. The minimum atomic E-state index is -0.875. The Morgan fingerprint density at radius 2 is 1.56 bits per heavy atom. The second kappa shape index (κ2) is 18.9. The highest BCUT2D eigenvalue weighted by molar-refractivity contribution is 6.19. The third-order valence-corrected chi connectivity index (χ3v) is 11.6. The first-order chi connectivity index (χ1) is 29.8. The van der Waals surface area contributed by atoms with Crippen molar-refractivity contribution in [2.24, 2.45) is 11.8 Å². The fraction of sp³-hybridized carbons (Fsp3) is 0.413. The summed E-state index contributed by atoms with van der Waals surface area (Å²) >= 11 is 6.62. The number of amides is 5. The Morgan fingerprint density at radius 3 is 2.24 bits per heavy atom. The molecule has 62 heavy (non-hydrogen) atoms. The van der Waals surface area contributed by atoms with Crippen molar-refractivity contribution in [2.45, 2.75) is 66.2 Å². The van der Waals surface area contributed by atoms with E-state index in [1.807, 2.05) is 69.3 Å². The van der Waals surface area contributed by atoms with Gasteiger partial charge in [-0.3, -0.25) is 24.0 Å². The third-order valence-electron chi connectivity index (χ3n) is 11.2.